The summed E-state index contributed by atoms with van der Waals surface area (Å²) in [7, 11) is -2.17. The fourth-order valence-electron chi connectivity index (χ4n) is 1.78. The summed E-state index contributed by atoms with van der Waals surface area (Å²) in [6, 6.07) is 3.91. The number of pyridine rings is 1. The predicted molar refractivity (Wildman–Crippen MR) is 68.4 cm³/mol. The van der Waals surface area contributed by atoms with Gasteiger partial charge in [-0.15, -0.1) is 0 Å². The third-order valence-electron chi connectivity index (χ3n) is 2.80. The van der Waals surface area contributed by atoms with Crippen molar-refractivity contribution in [1.82, 2.24) is 10.3 Å². The van der Waals surface area contributed by atoms with Crippen LogP contribution in [0.1, 0.15) is 0 Å². The Labute approximate surface area is 96.4 Å². The second kappa shape index (κ2) is 4.56. The third-order valence-corrected chi connectivity index (χ3v) is 4.30. The molecule has 0 aromatic carbocycles. The lowest BCUT2D eigenvalue weighted by Crippen LogP contribution is -2.43. The van der Waals surface area contributed by atoms with Crippen LogP contribution in [-0.4, -0.2) is 44.5 Å². The molecule has 1 aromatic heterocycles. The van der Waals surface area contributed by atoms with Gasteiger partial charge in [-0.1, -0.05) is 0 Å². The average molecular weight is 239 g/mol. The van der Waals surface area contributed by atoms with Gasteiger partial charge in [0.1, 0.15) is 13.0 Å². The molecule has 1 saturated heterocycles. The van der Waals surface area contributed by atoms with Crippen molar-refractivity contribution < 1.29 is 4.57 Å². The van der Waals surface area contributed by atoms with Crippen molar-refractivity contribution in [2.75, 3.05) is 44.4 Å². The van der Waals surface area contributed by atoms with Gasteiger partial charge in [0, 0.05) is 37.7 Å². The molecule has 1 N–H and O–H groups in total. The number of hydrogen-bond donors (Lipinski definition) is 1. The van der Waals surface area contributed by atoms with Crippen molar-refractivity contribution in [1.29, 1.82) is 0 Å². The fraction of sp³-hybridized carbons (Fsp3) is 0.545. The van der Waals surface area contributed by atoms with Gasteiger partial charge in [0.25, 0.3) is 0 Å². The number of rotatable bonds is 2. The topological polar surface area (TPSA) is 45.2 Å². The summed E-state index contributed by atoms with van der Waals surface area (Å²) >= 11 is 0. The highest BCUT2D eigenvalue weighted by Gasteiger charge is 2.14. The molecule has 0 radical (unpaired) electrons. The Morgan fingerprint density at radius 1 is 1.31 bits per heavy atom. The van der Waals surface area contributed by atoms with E-state index in [1.165, 1.54) is 0 Å². The molecule has 2 heterocycles. The van der Waals surface area contributed by atoms with E-state index in [0.717, 1.165) is 37.3 Å². The molecular formula is C11H18N3OP. The fourth-order valence-corrected chi connectivity index (χ4v) is 2.55. The quantitative estimate of drug-likeness (QED) is 0.773. The van der Waals surface area contributed by atoms with Crippen molar-refractivity contribution >= 4 is 18.3 Å². The first kappa shape index (κ1) is 11.6. The maximum atomic E-state index is 11.8. The van der Waals surface area contributed by atoms with Crippen molar-refractivity contribution in [3.63, 3.8) is 0 Å². The van der Waals surface area contributed by atoms with Crippen molar-refractivity contribution in [3.8, 4) is 0 Å². The third kappa shape index (κ3) is 2.63. The first-order chi connectivity index (χ1) is 7.57. The first-order valence-corrected chi connectivity index (χ1v) is 8.15. The van der Waals surface area contributed by atoms with Crippen molar-refractivity contribution in [2.24, 2.45) is 0 Å². The summed E-state index contributed by atoms with van der Waals surface area (Å²) in [6.07, 6.45) is 1.75. The Balaban J connectivity index is 2.15. The Bertz CT molecular complexity index is 392. The molecule has 0 unspecified atom stereocenters. The van der Waals surface area contributed by atoms with Crippen molar-refractivity contribution in [2.45, 2.75) is 0 Å². The molecule has 0 atom stereocenters. The normalized spacial score (nSPS) is 17.5. The zero-order valence-corrected chi connectivity index (χ0v) is 10.7. The van der Waals surface area contributed by atoms with E-state index in [1.54, 1.807) is 19.5 Å². The van der Waals surface area contributed by atoms with Crippen LogP contribution in [0.25, 0.3) is 0 Å². The second-order valence-corrected chi connectivity index (χ2v) is 7.68. The molecule has 2 rings (SSSR count). The molecule has 1 aliphatic rings. The maximum absolute atomic E-state index is 11.8. The second-order valence-electron chi connectivity index (χ2n) is 4.46. The maximum Gasteiger partial charge on any atom is 0.128 e. The molecule has 0 aliphatic carbocycles. The van der Waals surface area contributed by atoms with Crippen LogP contribution < -0.4 is 15.5 Å². The van der Waals surface area contributed by atoms with Crippen LogP contribution in [0.3, 0.4) is 0 Å². The molecular weight excluding hydrogens is 221 g/mol. The minimum atomic E-state index is -2.17. The molecule has 0 saturated carbocycles. The largest absolute Gasteiger partial charge is 0.354 e. The summed E-state index contributed by atoms with van der Waals surface area (Å²) in [6.45, 7) is 7.53. The molecule has 16 heavy (non-hydrogen) atoms. The molecule has 0 amide bonds. The van der Waals surface area contributed by atoms with E-state index in [9.17, 15) is 4.57 Å². The first-order valence-electron chi connectivity index (χ1n) is 5.54. The van der Waals surface area contributed by atoms with Crippen LogP contribution in [0.2, 0.25) is 0 Å². The van der Waals surface area contributed by atoms with Gasteiger partial charge < -0.3 is 14.8 Å². The van der Waals surface area contributed by atoms with E-state index in [-0.39, 0.29) is 0 Å². The summed E-state index contributed by atoms with van der Waals surface area (Å²) in [4.78, 5) is 6.64. The lowest BCUT2D eigenvalue weighted by atomic mass is 10.3. The Kier molecular flexibility index (Phi) is 3.31. The van der Waals surface area contributed by atoms with E-state index in [1.807, 2.05) is 12.1 Å². The van der Waals surface area contributed by atoms with Crippen LogP contribution >= 0.6 is 7.14 Å². The number of piperazine rings is 1. The number of nitrogens with one attached hydrogen (secondary N) is 1. The van der Waals surface area contributed by atoms with Gasteiger partial charge in [0.2, 0.25) is 0 Å². The van der Waals surface area contributed by atoms with E-state index < -0.39 is 7.14 Å². The van der Waals surface area contributed by atoms with E-state index >= 15 is 0 Å². The van der Waals surface area contributed by atoms with E-state index in [0.29, 0.717) is 0 Å². The smallest absolute Gasteiger partial charge is 0.128 e. The van der Waals surface area contributed by atoms with Gasteiger partial charge in [-0.3, -0.25) is 0 Å². The van der Waals surface area contributed by atoms with E-state index in [4.69, 9.17) is 0 Å². The highest BCUT2D eigenvalue weighted by Crippen LogP contribution is 2.34. The van der Waals surface area contributed by atoms with E-state index in [2.05, 4.69) is 15.2 Å². The standard InChI is InChI=1S/C11H18N3OP/c1-16(2,15)10-3-4-11(13-9-10)14-7-5-12-6-8-14/h3-4,9,12H,5-8H2,1-2H3. The van der Waals surface area contributed by atoms with Crippen LogP contribution in [-0.2, 0) is 4.57 Å². The molecule has 0 spiro atoms. The molecule has 0 bridgehead atoms. The van der Waals surface area contributed by atoms with Crippen LogP contribution in [0.5, 0.6) is 0 Å². The molecule has 1 fully saturated rings. The average Bonchev–Trinajstić information content (AvgIpc) is 2.29. The highest BCUT2D eigenvalue weighted by molar-refractivity contribution is 7.70. The van der Waals surface area contributed by atoms with Gasteiger partial charge in [0.05, 0.1) is 0 Å². The molecule has 88 valence electrons. The van der Waals surface area contributed by atoms with Gasteiger partial charge >= 0.3 is 0 Å². The summed E-state index contributed by atoms with van der Waals surface area (Å²) in [5.41, 5.74) is 0. The number of anilines is 1. The monoisotopic (exact) mass is 239 g/mol. The molecule has 4 nitrogen and oxygen atoms in total. The number of nitrogens with zero attached hydrogens (tertiary/aromatic N) is 2. The zero-order chi connectivity index (χ0) is 11.6. The molecule has 1 aromatic rings. The SMILES string of the molecule is CP(C)(=O)c1ccc(N2CCNCC2)nc1. The predicted octanol–water partition coefficient (Wildman–Crippen LogP) is 0.739. The van der Waals surface area contributed by atoms with Gasteiger partial charge in [-0.05, 0) is 25.5 Å². The number of aromatic nitrogens is 1. The zero-order valence-electron chi connectivity index (χ0n) is 9.81. The minimum absolute atomic E-state index is 0.853. The van der Waals surface area contributed by atoms with Crippen LogP contribution in [0.15, 0.2) is 18.3 Å². The summed E-state index contributed by atoms with van der Waals surface area (Å²) < 4.78 is 11.8. The number of hydrogen-bond acceptors (Lipinski definition) is 4. The Hall–Kier alpha value is -0.860. The summed E-state index contributed by atoms with van der Waals surface area (Å²) in [5, 5.41) is 4.16. The van der Waals surface area contributed by atoms with Crippen LogP contribution in [0.4, 0.5) is 5.82 Å². The minimum Gasteiger partial charge on any atom is -0.354 e. The van der Waals surface area contributed by atoms with Gasteiger partial charge in [0.15, 0.2) is 0 Å². The van der Waals surface area contributed by atoms with Crippen molar-refractivity contribution in [3.05, 3.63) is 18.3 Å². The van der Waals surface area contributed by atoms with Gasteiger partial charge in [-0.25, -0.2) is 4.98 Å². The Morgan fingerprint density at radius 2 is 2.00 bits per heavy atom. The summed E-state index contributed by atoms with van der Waals surface area (Å²) in [5.74, 6) is 0.985. The Morgan fingerprint density at radius 3 is 2.50 bits per heavy atom. The lowest BCUT2D eigenvalue weighted by molar-refractivity contribution is 0.584. The lowest BCUT2D eigenvalue weighted by Gasteiger charge is -2.28. The van der Waals surface area contributed by atoms with Crippen LogP contribution in [0, 0.1) is 0 Å². The molecule has 5 heteroatoms. The highest BCUT2D eigenvalue weighted by atomic mass is 31.2. The van der Waals surface area contributed by atoms with Gasteiger partial charge in [-0.2, -0.15) is 0 Å². The molecule has 1 aliphatic heterocycles.